The highest BCUT2D eigenvalue weighted by molar-refractivity contribution is 7.13. The van der Waals surface area contributed by atoms with Crippen LogP contribution in [0.1, 0.15) is 82.1 Å². The molecule has 370 valence electrons. The number of hydrogen-bond donors (Lipinski definition) is 5. The van der Waals surface area contributed by atoms with E-state index in [1.165, 1.54) is 15.8 Å². The first-order chi connectivity index (χ1) is 32.9. The van der Waals surface area contributed by atoms with Crippen LogP contribution in [0, 0.1) is 12.3 Å². The summed E-state index contributed by atoms with van der Waals surface area (Å²) in [5.41, 5.74) is 7.55. The first kappa shape index (κ1) is 51.3. The Balaban J connectivity index is 0.800. The van der Waals surface area contributed by atoms with Gasteiger partial charge in [-0.25, -0.2) is 9.37 Å². The van der Waals surface area contributed by atoms with Crippen molar-refractivity contribution in [3.05, 3.63) is 106 Å². The average Bonchev–Trinajstić information content (AvgIpc) is 4.02. The molecule has 2 aliphatic heterocycles. The Morgan fingerprint density at radius 3 is 2.23 bits per heavy atom. The third kappa shape index (κ3) is 13.2. The van der Waals surface area contributed by atoms with Gasteiger partial charge in [0.15, 0.2) is 0 Å². The average molecular weight is 968 g/mol. The number of amides is 4. The van der Waals surface area contributed by atoms with Crippen LogP contribution in [0.15, 0.2) is 78.3 Å². The Morgan fingerprint density at radius 1 is 0.913 bits per heavy atom. The number of H-pyrrole nitrogens is 1. The number of aromatic amines is 1. The number of para-hydroxylation sites is 1. The van der Waals surface area contributed by atoms with Gasteiger partial charge < -0.3 is 45.2 Å². The normalized spacial score (nSPS) is 19.1. The van der Waals surface area contributed by atoms with Gasteiger partial charge in [0.1, 0.15) is 31.0 Å². The lowest BCUT2D eigenvalue weighted by atomic mass is 9.85. The van der Waals surface area contributed by atoms with E-state index in [1.54, 1.807) is 30.7 Å². The summed E-state index contributed by atoms with van der Waals surface area (Å²) in [6, 6.07) is 21.7. The third-order valence-electron chi connectivity index (χ3n) is 12.5. The number of fused-ring (bicyclic) bond motifs is 3. The van der Waals surface area contributed by atoms with Crippen LogP contribution in [0.2, 0.25) is 0 Å². The Hall–Kier alpha value is -5.56. The van der Waals surface area contributed by atoms with Gasteiger partial charge in [-0.3, -0.25) is 24.1 Å². The van der Waals surface area contributed by atoms with E-state index in [4.69, 9.17) is 14.2 Å². The summed E-state index contributed by atoms with van der Waals surface area (Å²) in [4.78, 5) is 65.7. The molecule has 5 N–H and O–H groups in total. The van der Waals surface area contributed by atoms with Crippen LogP contribution < -0.4 is 16.0 Å². The Kier molecular flexibility index (Phi) is 16.7. The summed E-state index contributed by atoms with van der Waals surface area (Å²) in [5.74, 6) is -1.69. The van der Waals surface area contributed by atoms with Gasteiger partial charge in [-0.15, -0.1) is 11.3 Å². The molecule has 0 saturated carbocycles. The molecule has 0 bridgehead atoms. The number of β-amino-alcohol motifs (C(OH)–C–C–N with tert-alkyl or cyclic N) is 1. The van der Waals surface area contributed by atoms with Crippen molar-refractivity contribution in [1.82, 2.24) is 30.4 Å². The van der Waals surface area contributed by atoms with Crippen LogP contribution in [0.25, 0.3) is 21.3 Å². The lowest BCUT2D eigenvalue weighted by molar-refractivity contribution is -0.144. The van der Waals surface area contributed by atoms with Gasteiger partial charge in [-0.2, -0.15) is 0 Å². The van der Waals surface area contributed by atoms with E-state index in [9.17, 15) is 24.3 Å². The van der Waals surface area contributed by atoms with Gasteiger partial charge >= 0.3 is 0 Å². The molecule has 5 atom stereocenters. The van der Waals surface area contributed by atoms with E-state index in [2.05, 4.69) is 49.9 Å². The van der Waals surface area contributed by atoms with Crippen molar-refractivity contribution in [2.45, 2.75) is 104 Å². The number of ether oxygens (including phenoxy) is 3. The minimum atomic E-state index is -1.39. The fraction of sp³-hybridized carbons (Fsp3) is 0.481. The number of rotatable bonds is 20. The lowest BCUT2D eigenvalue weighted by Crippen LogP contribution is -2.58. The second kappa shape index (κ2) is 22.5. The summed E-state index contributed by atoms with van der Waals surface area (Å²) in [7, 11) is 0. The number of carbonyl (C=O) groups is 4. The van der Waals surface area contributed by atoms with Crippen LogP contribution in [0.3, 0.4) is 0 Å². The number of aromatic nitrogens is 2. The van der Waals surface area contributed by atoms with Crippen molar-refractivity contribution >= 4 is 51.6 Å². The minimum Gasteiger partial charge on any atom is -0.391 e. The van der Waals surface area contributed by atoms with E-state index in [1.807, 2.05) is 88.4 Å². The number of thiazole rings is 1. The Bertz CT molecular complexity index is 2550. The van der Waals surface area contributed by atoms with Gasteiger partial charge in [0.2, 0.25) is 23.6 Å². The summed E-state index contributed by atoms with van der Waals surface area (Å²) in [6.07, 6.45) is 0.00725. The lowest BCUT2D eigenvalue weighted by Gasteiger charge is -2.43. The molecule has 2 aliphatic rings. The number of carbonyl (C=O) groups excluding carboxylic acids is 4. The number of aryl methyl sites for hydroxylation is 1. The molecule has 5 aromatic rings. The maximum absolute atomic E-state index is 15.1. The second-order valence-corrected chi connectivity index (χ2v) is 20.6. The molecule has 1 saturated heterocycles. The number of benzene rings is 3. The zero-order valence-corrected chi connectivity index (χ0v) is 41.4. The van der Waals surface area contributed by atoms with Crippen LogP contribution in [-0.4, -0.2) is 131 Å². The largest absolute Gasteiger partial charge is 0.391 e. The van der Waals surface area contributed by atoms with Gasteiger partial charge in [-0.05, 0) is 80.0 Å². The van der Waals surface area contributed by atoms with Crippen molar-refractivity contribution in [3.8, 4) is 10.4 Å². The monoisotopic (exact) mass is 967 g/mol. The number of halogens is 1. The number of hydrogen-bond acceptors (Lipinski definition) is 11. The number of alkyl halides is 1. The minimum absolute atomic E-state index is 0.0331. The molecule has 4 amide bonds. The van der Waals surface area contributed by atoms with Crippen molar-refractivity contribution in [1.29, 1.82) is 0 Å². The van der Waals surface area contributed by atoms with Crippen LogP contribution in [-0.2, 0) is 46.4 Å². The third-order valence-corrected chi connectivity index (χ3v) is 13.5. The topological polar surface area (TPSA) is 187 Å². The van der Waals surface area contributed by atoms with Gasteiger partial charge in [-0.1, -0.05) is 75.4 Å². The van der Waals surface area contributed by atoms with E-state index in [0.29, 0.717) is 5.69 Å². The van der Waals surface area contributed by atoms with Crippen molar-refractivity contribution in [3.63, 3.8) is 0 Å². The van der Waals surface area contributed by atoms with E-state index in [0.717, 1.165) is 44.9 Å². The summed E-state index contributed by atoms with van der Waals surface area (Å²) >= 11 is 1.57. The quantitative estimate of drug-likeness (QED) is 0.0541. The van der Waals surface area contributed by atoms with E-state index < -0.39 is 41.1 Å². The molecule has 0 spiro atoms. The Morgan fingerprint density at radius 2 is 1.58 bits per heavy atom. The van der Waals surface area contributed by atoms with Gasteiger partial charge in [0.05, 0.1) is 54.7 Å². The molecule has 2 aromatic heterocycles. The first-order valence-corrected chi connectivity index (χ1v) is 24.5. The highest BCUT2D eigenvalue weighted by Crippen LogP contribution is 2.42. The molecule has 0 aliphatic carbocycles. The molecule has 15 nitrogen and oxygen atoms in total. The number of nitrogens with zero attached hydrogens (tertiary/aromatic N) is 3. The predicted octanol–water partition coefficient (Wildman–Crippen LogP) is 6.48. The molecule has 1 unspecified atom stereocenters. The molecule has 17 heteroatoms. The molecular formula is C52H66FN7O8S. The van der Waals surface area contributed by atoms with Gasteiger partial charge in [0, 0.05) is 54.4 Å². The fourth-order valence-corrected chi connectivity index (χ4v) is 9.95. The van der Waals surface area contributed by atoms with Gasteiger partial charge in [0.25, 0.3) is 0 Å². The molecule has 69 heavy (non-hydrogen) atoms. The predicted molar refractivity (Wildman–Crippen MR) is 264 cm³/mol. The number of aliphatic hydroxyl groups excluding tert-OH is 1. The van der Waals surface area contributed by atoms with Crippen LogP contribution in [0.5, 0.6) is 0 Å². The summed E-state index contributed by atoms with van der Waals surface area (Å²) in [6.45, 7) is 13.3. The van der Waals surface area contributed by atoms with Crippen molar-refractivity contribution in [2.24, 2.45) is 5.41 Å². The summed E-state index contributed by atoms with van der Waals surface area (Å²) < 4.78 is 31.8. The molecule has 1 fully saturated rings. The number of likely N-dealkylation sites (tertiary alicyclic amines) is 1. The molecule has 0 radical (unpaired) electrons. The maximum atomic E-state index is 15.1. The standard InChI is InChI=1S/C52H66FN7O8S/c1-32-24-40-39-10-8-9-11-41(39)57-45(40)46(60(32)30-52(6,7)53)35-16-18-37(19-17-35)56-43(62)28-67-22-20-66-21-23-68-29-44(63)58-48(51(3,4)5)50(65)59-27-38(61)25-42(59)49(64)54-26-34-12-14-36(15-13-34)47-33(2)55-31-69-47/h8-19,31-32,38,42,46,48,57,61H,20-30H2,1-7H3,(H,54,64)(H,56,62)(H,58,63)/t32-,38-,42+,46-,48?/m1/s1. The molecular weight excluding hydrogens is 902 g/mol. The zero-order chi connectivity index (χ0) is 49.5. The number of anilines is 1. The second-order valence-electron chi connectivity index (χ2n) is 19.7. The van der Waals surface area contributed by atoms with E-state index in [-0.39, 0.29) is 89.6 Å². The maximum Gasteiger partial charge on any atom is 0.250 e. The fourth-order valence-electron chi connectivity index (χ4n) is 9.14. The SMILES string of the molecule is Cc1ncsc1-c1ccc(CNC(=O)[C@@H]2C[C@@H](O)CN2C(=O)C(NC(=O)COCCOCCOCC(=O)Nc2ccc([C@@H]3c4[nH]c5ccccc5c4C[C@@H](C)N3CC(C)(C)F)cc2)C(C)(C)C)cc1. The zero-order valence-electron chi connectivity index (χ0n) is 40.6. The molecule has 4 heterocycles. The van der Waals surface area contributed by atoms with Crippen molar-refractivity contribution in [2.75, 3.05) is 58.0 Å². The first-order valence-electron chi connectivity index (χ1n) is 23.6. The molecule has 7 rings (SSSR count). The summed E-state index contributed by atoms with van der Waals surface area (Å²) in [5, 5.41) is 20.3. The van der Waals surface area contributed by atoms with Crippen molar-refractivity contribution < 1.29 is 42.9 Å². The highest BCUT2D eigenvalue weighted by atomic mass is 32.1. The number of nitrogens with one attached hydrogen (secondary N) is 4. The van der Waals surface area contributed by atoms with E-state index >= 15 is 4.39 Å². The smallest absolute Gasteiger partial charge is 0.250 e. The number of aliphatic hydroxyl groups is 1. The van der Waals surface area contributed by atoms with Crippen LogP contribution in [0.4, 0.5) is 10.1 Å². The Labute approximate surface area is 407 Å². The molecule has 3 aromatic carbocycles. The van der Waals surface area contributed by atoms with Crippen LogP contribution >= 0.6 is 11.3 Å². The highest BCUT2D eigenvalue weighted by Gasteiger charge is 2.45.